The van der Waals surface area contributed by atoms with Crippen LogP contribution in [0.2, 0.25) is 20.1 Å². The molecule has 0 radical (unpaired) electrons. The van der Waals surface area contributed by atoms with Gasteiger partial charge in [-0.2, -0.15) is 16.8 Å². The molecule has 6 N–H and O–H groups in total. The van der Waals surface area contributed by atoms with Gasteiger partial charge in [-0.25, -0.2) is 20.0 Å². The first-order chi connectivity index (χ1) is 24.7. The molecule has 1 aliphatic heterocycles. The van der Waals surface area contributed by atoms with Gasteiger partial charge in [0.05, 0.1) is 25.5 Å². The third kappa shape index (κ3) is 4.91. The fraction of sp³-hybridized carbons (Fsp3) is 0. The predicted molar refractivity (Wildman–Crippen MR) is 196 cm³/mol. The molecule has 0 atom stereocenters. The van der Waals surface area contributed by atoms with E-state index in [1.807, 2.05) is 24.3 Å². The van der Waals surface area contributed by atoms with Gasteiger partial charge in [-0.3, -0.25) is 9.11 Å². The van der Waals surface area contributed by atoms with Gasteiger partial charge in [0, 0.05) is 37.7 Å². The molecule has 4 aromatic carbocycles. The lowest BCUT2D eigenvalue weighted by atomic mass is 10.2. The molecule has 20 heteroatoms. The SMILES string of the molecule is O=S(=O)(O)c1c(Cl)c(Cl)c2c3[nH]c(c2c1S(=O)(=O)O)=Nc1[nH]c(c2ccccc12)N=c1[nH]c(c2ccccc12)=Nc1[nH]c(c2c(Cl)c(Cl)ccc12)N=3. The van der Waals surface area contributed by atoms with Crippen LogP contribution in [0.25, 0.3) is 43.1 Å². The molecule has 8 bridgehead atoms. The van der Waals surface area contributed by atoms with Gasteiger partial charge in [0.15, 0.2) is 0 Å². The van der Waals surface area contributed by atoms with Crippen molar-refractivity contribution in [3.8, 4) is 0 Å². The number of aromatic amines is 4. The van der Waals surface area contributed by atoms with Crippen LogP contribution >= 0.6 is 46.4 Å². The van der Waals surface area contributed by atoms with E-state index in [1.165, 1.54) is 0 Å². The first-order valence-electron chi connectivity index (χ1n) is 14.8. The molecule has 0 unspecified atom stereocenters. The number of rotatable bonds is 2. The minimum Gasteiger partial charge on any atom is -0.324 e. The smallest absolute Gasteiger partial charge is 0.297 e. The average Bonchev–Trinajstić information content (AvgIpc) is 3.82. The lowest BCUT2D eigenvalue weighted by Gasteiger charge is -2.10. The van der Waals surface area contributed by atoms with Crippen molar-refractivity contribution in [2.45, 2.75) is 9.79 Å². The van der Waals surface area contributed by atoms with E-state index in [1.54, 1.807) is 36.4 Å². The summed E-state index contributed by atoms with van der Waals surface area (Å²) in [4.78, 5) is 29.1. The molecule has 1 aliphatic rings. The third-order valence-electron chi connectivity index (χ3n) is 8.59. The number of benzene rings is 4. The normalized spacial score (nSPS) is 13.3. The first kappa shape index (κ1) is 33.1. The molecule has 8 aromatic rings. The van der Waals surface area contributed by atoms with Gasteiger partial charge in [-0.15, -0.1) is 0 Å². The molecule has 0 amide bonds. The van der Waals surface area contributed by atoms with Crippen LogP contribution in [-0.4, -0.2) is 45.9 Å². The Balaban J connectivity index is 1.58. The highest BCUT2D eigenvalue weighted by atomic mass is 35.5. The van der Waals surface area contributed by atoms with E-state index in [0.717, 1.165) is 10.8 Å². The molecule has 0 saturated carbocycles. The number of hydrogen-bond acceptors (Lipinski definition) is 8. The standard InChI is InChI=1S/C32H16Cl4N8O6S2/c33-16-10-9-15-17(20(16)34)30-42-29(15)40-27-12-6-2-1-5-11(12)25(38-27)37-26-13-7-3-4-8-14(13)28(39-26)41-32-19-18(31(43-30)44-32)21(35)22(36)24(52(48,49)50)23(19)51(45,46)47/h1-10H,(H,45,46,47)(H,48,49,50)(H4,37,38,39,40,41,42,43,44). The second kappa shape index (κ2) is 11.4. The average molecular weight is 814 g/mol. The molecular formula is C32H16Cl4N8O6S2. The van der Waals surface area contributed by atoms with Crippen molar-refractivity contribution < 1.29 is 25.9 Å². The Labute approximate surface area is 309 Å². The largest absolute Gasteiger partial charge is 0.324 e. The molecule has 9 rings (SSSR count). The number of hydrogen-bond donors (Lipinski definition) is 6. The monoisotopic (exact) mass is 812 g/mol. The van der Waals surface area contributed by atoms with Crippen molar-refractivity contribution in [3.63, 3.8) is 0 Å². The van der Waals surface area contributed by atoms with Crippen molar-refractivity contribution in [1.82, 2.24) is 19.9 Å². The van der Waals surface area contributed by atoms with Gasteiger partial charge >= 0.3 is 0 Å². The molecule has 52 heavy (non-hydrogen) atoms. The summed E-state index contributed by atoms with van der Waals surface area (Å²) in [7, 11) is -10.9. The maximum atomic E-state index is 13.0. The number of fused-ring (bicyclic) bond motifs is 20. The van der Waals surface area contributed by atoms with E-state index in [0.29, 0.717) is 44.2 Å². The van der Waals surface area contributed by atoms with E-state index < -0.39 is 45.5 Å². The Bertz CT molecular complexity index is 3430. The Morgan fingerprint density at radius 3 is 1.48 bits per heavy atom. The van der Waals surface area contributed by atoms with Crippen LogP contribution in [0.4, 0.5) is 23.3 Å². The van der Waals surface area contributed by atoms with E-state index >= 15 is 0 Å². The van der Waals surface area contributed by atoms with E-state index in [-0.39, 0.29) is 38.0 Å². The fourth-order valence-electron chi connectivity index (χ4n) is 6.45. The summed E-state index contributed by atoms with van der Waals surface area (Å²) in [5.41, 5.74) is 0.356. The zero-order valence-corrected chi connectivity index (χ0v) is 30.1. The summed E-state index contributed by atoms with van der Waals surface area (Å²) in [5, 5.41) is 1.47. The summed E-state index contributed by atoms with van der Waals surface area (Å²) in [6, 6.07) is 17.8. The minimum absolute atomic E-state index is 0.0656. The van der Waals surface area contributed by atoms with Crippen LogP contribution < -0.4 is 22.0 Å². The van der Waals surface area contributed by atoms with E-state index in [4.69, 9.17) is 61.4 Å². The van der Waals surface area contributed by atoms with Gasteiger partial charge in [0.25, 0.3) is 20.2 Å². The minimum atomic E-state index is -5.48. The molecule has 0 saturated heterocycles. The molecule has 4 aromatic heterocycles. The second-order valence-electron chi connectivity index (χ2n) is 11.6. The van der Waals surface area contributed by atoms with Gasteiger partial charge in [-0.1, -0.05) is 94.9 Å². The summed E-state index contributed by atoms with van der Waals surface area (Å²) >= 11 is 26.2. The highest BCUT2D eigenvalue weighted by Crippen LogP contribution is 2.43. The summed E-state index contributed by atoms with van der Waals surface area (Å²) in [6.45, 7) is 0. The summed E-state index contributed by atoms with van der Waals surface area (Å²) in [5.74, 6) is 0.850. The number of aromatic nitrogens is 4. The number of nitrogens with one attached hydrogen (secondary N) is 4. The topological polar surface area (TPSA) is 221 Å². The van der Waals surface area contributed by atoms with E-state index in [9.17, 15) is 25.9 Å². The van der Waals surface area contributed by atoms with Gasteiger partial charge in [0.1, 0.15) is 55.0 Å². The maximum Gasteiger partial charge on any atom is 0.297 e. The zero-order chi connectivity index (χ0) is 36.4. The van der Waals surface area contributed by atoms with Crippen molar-refractivity contribution >= 4 is 133 Å². The van der Waals surface area contributed by atoms with Crippen LogP contribution in [0.3, 0.4) is 0 Å². The Morgan fingerprint density at radius 1 is 0.442 bits per heavy atom. The molecular weight excluding hydrogens is 798 g/mol. The van der Waals surface area contributed by atoms with Gasteiger partial charge in [0.2, 0.25) is 0 Å². The lowest BCUT2D eigenvalue weighted by Crippen LogP contribution is -2.14. The first-order valence-corrected chi connectivity index (χ1v) is 19.2. The van der Waals surface area contributed by atoms with Gasteiger partial charge in [-0.05, 0) is 12.1 Å². The van der Waals surface area contributed by atoms with Crippen molar-refractivity contribution in [3.05, 3.63) is 103 Å². The molecule has 5 heterocycles. The highest BCUT2D eigenvalue weighted by molar-refractivity contribution is 7.89. The second-order valence-corrected chi connectivity index (χ2v) is 15.9. The maximum absolute atomic E-state index is 13.0. The Kier molecular flexibility index (Phi) is 7.23. The predicted octanol–water partition coefficient (Wildman–Crippen LogP) is 6.84. The van der Waals surface area contributed by atoms with Crippen LogP contribution in [0, 0.1) is 0 Å². The van der Waals surface area contributed by atoms with Crippen LogP contribution in [-0.2, 0) is 20.2 Å². The number of halogens is 4. The molecule has 260 valence electrons. The Morgan fingerprint density at radius 2 is 0.904 bits per heavy atom. The number of H-pyrrole nitrogens is 4. The van der Waals surface area contributed by atoms with Crippen LogP contribution in [0.15, 0.2) is 90.4 Å². The van der Waals surface area contributed by atoms with Crippen molar-refractivity contribution in [2.24, 2.45) is 20.0 Å². The van der Waals surface area contributed by atoms with Gasteiger partial charge < -0.3 is 19.9 Å². The number of nitrogens with zero attached hydrogens (tertiary/aromatic N) is 4. The van der Waals surface area contributed by atoms with Crippen LogP contribution in [0.1, 0.15) is 0 Å². The van der Waals surface area contributed by atoms with Crippen molar-refractivity contribution in [1.29, 1.82) is 0 Å². The lowest BCUT2D eigenvalue weighted by molar-refractivity contribution is 0.467. The van der Waals surface area contributed by atoms with Crippen LogP contribution in [0.5, 0.6) is 0 Å². The fourth-order valence-corrected chi connectivity index (χ4v) is 9.83. The molecule has 0 aliphatic carbocycles. The Hall–Kier alpha value is -4.78. The quantitative estimate of drug-likeness (QED) is 0.103. The molecule has 0 fully saturated rings. The highest BCUT2D eigenvalue weighted by Gasteiger charge is 2.34. The molecule has 0 spiro atoms. The summed E-state index contributed by atoms with van der Waals surface area (Å²) in [6.07, 6.45) is 0. The third-order valence-corrected chi connectivity index (χ3v) is 12.3. The molecule has 14 nitrogen and oxygen atoms in total. The van der Waals surface area contributed by atoms with E-state index in [2.05, 4.69) is 24.9 Å². The zero-order valence-electron chi connectivity index (χ0n) is 25.4. The van der Waals surface area contributed by atoms with Crippen molar-refractivity contribution in [2.75, 3.05) is 0 Å². The summed E-state index contributed by atoms with van der Waals surface area (Å²) < 4.78 is 72.0.